The van der Waals surface area contributed by atoms with Gasteiger partial charge in [0.05, 0.1) is 12.0 Å². The van der Waals surface area contributed by atoms with Crippen LogP contribution in [0.1, 0.15) is 36.5 Å². The van der Waals surface area contributed by atoms with Crippen molar-refractivity contribution in [2.75, 3.05) is 13.1 Å². The Balaban J connectivity index is 2.04. The number of thiazole rings is 1. The van der Waals surface area contributed by atoms with Crippen molar-refractivity contribution in [1.82, 2.24) is 15.6 Å². The zero-order valence-electron chi connectivity index (χ0n) is 11.0. The molecular weight excluding hydrogens is 291 g/mol. The van der Waals surface area contributed by atoms with Gasteiger partial charge >= 0.3 is 6.18 Å². The number of carbonyl (C=O) groups excluding carboxylic acids is 1. The smallest absolute Gasteiger partial charge is 0.347 e. The van der Waals surface area contributed by atoms with Crippen LogP contribution in [0.2, 0.25) is 0 Å². The Hall–Kier alpha value is -1.15. The van der Waals surface area contributed by atoms with Gasteiger partial charge in [0.2, 0.25) is 5.91 Å². The van der Waals surface area contributed by atoms with Crippen LogP contribution in [0, 0.1) is 5.92 Å². The van der Waals surface area contributed by atoms with Crippen LogP contribution in [-0.4, -0.2) is 24.0 Å². The number of nitrogens with one attached hydrogen (secondary N) is 2. The number of halogens is 3. The lowest BCUT2D eigenvalue weighted by Gasteiger charge is -2.17. The van der Waals surface area contributed by atoms with Gasteiger partial charge in [0.1, 0.15) is 5.01 Å². The number of carbonyl (C=O) groups is 1. The first-order valence-electron chi connectivity index (χ1n) is 6.45. The molecule has 1 saturated heterocycles. The molecule has 8 heteroatoms. The molecule has 0 spiro atoms. The molecule has 2 unspecified atom stereocenters. The van der Waals surface area contributed by atoms with Crippen molar-refractivity contribution in [2.24, 2.45) is 5.92 Å². The molecule has 1 fully saturated rings. The Morgan fingerprint density at radius 3 is 2.90 bits per heavy atom. The van der Waals surface area contributed by atoms with E-state index >= 15 is 0 Å². The van der Waals surface area contributed by atoms with Crippen LogP contribution >= 0.6 is 11.3 Å². The van der Waals surface area contributed by atoms with E-state index < -0.39 is 17.9 Å². The Morgan fingerprint density at radius 1 is 1.65 bits per heavy atom. The third-order valence-corrected chi connectivity index (χ3v) is 4.22. The molecule has 2 atom stereocenters. The predicted octanol–water partition coefficient (Wildman–Crippen LogP) is 2.34. The van der Waals surface area contributed by atoms with Crippen molar-refractivity contribution < 1.29 is 18.0 Å². The summed E-state index contributed by atoms with van der Waals surface area (Å²) in [6.45, 7) is 3.23. The van der Waals surface area contributed by atoms with E-state index in [0.717, 1.165) is 29.7 Å². The topological polar surface area (TPSA) is 54.0 Å². The van der Waals surface area contributed by atoms with Crippen LogP contribution in [-0.2, 0) is 11.0 Å². The Labute approximate surface area is 118 Å². The van der Waals surface area contributed by atoms with Gasteiger partial charge in [-0.05, 0) is 19.4 Å². The molecule has 1 amide bonds. The molecule has 2 heterocycles. The molecule has 0 radical (unpaired) electrons. The molecule has 0 bridgehead atoms. The Bertz CT molecular complexity index is 469. The molecule has 0 aromatic carbocycles. The molecular formula is C12H16F3N3OS. The first-order chi connectivity index (χ1) is 9.41. The fraction of sp³-hybridized carbons (Fsp3) is 0.667. The summed E-state index contributed by atoms with van der Waals surface area (Å²) < 4.78 is 37.6. The number of rotatable bonds is 4. The van der Waals surface area contributed by atoms with Gasteiger partial charge in [0, 0.05) is 11.9 Å². The van der Waals surface area contributed by atoms with Crippen LogP contribution in [0.5, 0.6) is 0 Å². The normalized spacial score (nSPS) is 20.9. The van der Waals surface area contributed by atoms with Crippen LogP contribution in [0.4, 0.5) is 13.2 Å². The zero-order valence-corrected chi connectivity index (χ0v) is 11.8. The minimum absolute atomic E-state index is 0.105. The van der Waals surface area contributed by atoms with Crippen molar-refractivity contribution in [3.63, 3.8) is 0 Å². The molecule has 1 aliphatic rings. The number of aromatic nitrogens is 1. The summed E-state index contributed by atoms with van der Waals surface area (Å²) >= 11 is 0.932. The van der Waals surface area contributed by atoms with E-state index in [9.17, 15) is 18.0 Å². The average Bonchev–Trinajstić information content (AvgIpc) is 3.04. The SMILES string of the molecule is CCC(NC(=O)C1CCNC1)c1nc(C(F)(F)F)cs1. The standard InChI is InChI=1S/C12H16F3N3OS/c1-2-8(17-10(19)7-3-4-16-5-7)11-18-9(6-20-11)12(13,14)15/h6-8,16H,2-5H2,1H3,(H,17,19). The summed E-state index contributed by atoms with van der Waals surface area (Å²) in [5.74, 6) is -0.225. The van der Waals surface area contributed by atoms with Crippen LogP contribution in [0.25, 0.3) is 0 Å². The number of alkyl halides is 3. The first-order valence-corrected chi connectivity index (χ1v) is 7.33. The van der Waals surface area contributed by atoms with Crippen molar-refractivity contribution in [2.45, 2.75) is 32.0 Å². The molecule has 0 saturated carbocycles. The fourth-order valence-electron chi connectivity index (χ4n) is 2.08. The fourth-order valence-corrected chi connectivity index (χ4v) is 3.04. The van der Waals surface area contributed by atoms with Gasteiger partial charge < -0.3 is 10.6 Å². The first kappa shape index (κ1) is 15.2. The Kier molecular flexibility index (Phi) is 4.64. The van der Waals surface area contributed by atoms with Gasteiger partial charge in [-0.2, -0.15) is 13.2 Å². The van der Waals surface area contributed by atoms with E-state index in [0.29, 0.717) is 18.0 Å². The number of hydrogen-bond acceptors (Lipinski definition) is 4. The summed E-state index contributed by atoms with van der Waals surface area (Å²) in [7, 11) is 0. The van der Waals surface area contributed by atoms with Crippen molar-refractivity contribution in [1.29, 1.82) is 0 Å². The molecule has 1 aromatic rings. The molecule has 2 N–H and O–H groups in total. The lowest BCUT2D eigenvalue weighted by molar-refractivity contribution is -0.140. The van der Waals surface area contributed by atoms with Gasteiger partial charge in [-0.25, -0.2) is 4.98 Å². The number of nitrogens with zero attached hydrogens (tertiary/aromatic N) is 1. The third kappa shape index (κ3) is 3.49. The maximum atomic E-state index is 12.5. The van der Waals surface area contributed by atoms with Crippen LogP contribution in [0.15, 0.2) is 5.38 Å². The molecule has 112 valence electrons. The lowest BCUT2D eigenvalue weighted by atomic mass is 10.1. The molecule has 4 nitrogen and oxygen atoms in total. The second-order valence-electron chi connectivity index (χ2n) is 4.73. The molecule has 1 aliphatic heterocycles. The van der Waals surface area contributed by atoms with Crippen LogP contribution < -0.4 is 10.6 Å². The van der Waals surface area contributed by atoms with E-state index in [4.69, 9.17) is 0 Å². The number of amides is 1. The maximum absolute atomic E-state index is 12.5. The average molecular weight is 307 g/mol. The minimum atomic E-state index is -4.44. The summed E-state index contributed by atoms with van der Waals surface area (Å²) in [6, 6.07) is -0.454. The summed E-state index contributed by atoms with van der Waals surface area (Å²) in [5, 5.41) is 7.17. The highest BCUT2D eigenvalue weighted by Crippen LogP contribution is 2.32. The second-order valence-corrected chi connectivity index (χ2v) is 5.62. The zero-order chi connectivity index (χ0) is 14.8. The third-order valence-electron chi connectivity index (χ3n) is 3.27. The van der Waals surface area contributed by atoms with Crippen molar-refractivity contribution >= 4 is 17.2 Å². The minimum Gasteiger partial charge on any atom is -0.347 e. The van der Waals surface area contributed by atoms with Gasteiger partial charge in [-0.15, -0.1) is 11.3 Å². The second kappa shape index (κ2) is 6.09. The predicted molar refractivity (Wildman–Crippen MR) is 69.3 cm³/mol. The largest absolute Gasteiger partial charge is 0.434 e. The highest BCUT2D eigenvalue weighted by molar-refractivity contribution is 7.09. The van der Waals surface area contributed by atoms with E-state index in [-0.39, 0.29) is 11.8 Å². The van der Waals surface area contributed by atoms with E-state index in [1.54, 1.807) is 0 Å². The molecule has 0 aliphatic carbocycles. The summed E-state index contributed by atoms with van der Waals surface area (Å²) in [6.07, 6.45) is -3.17. The quantitative estimate of drug-likeness (QED) is 0.898. The van der Waals surface area contributed by atoms with Crippen molar-refractivity contribution in [3.8, 4) is 0 Å². The van der Waals surface area contributed by atoms with Gasteiger partial charge in [0.15, 0.2) is 5.69 Å². The summed E-state index contributed by atoms with van der Waals surface area (Å²) in [4.78, 5) is 15.6. The monoisotopic (exact) mass is 307 g/mol. The van der Waals surface area contributed by atoms with Gasteiger partial charge in [-0.1, -0.05) is 6.92 Å². The number of hydrogen-bond donors (Lipinski definition) is 2. The van der Waals surface area contributed by atoms with E-state index in [2.05, 4.69) is 15.6 Å². The molecule has 2 rings (SSSR count). The summed E-state index contributed by atoms with van der Waals surface area (Å²) in [5.41, 5.74) is -0.896. The van der Waals surface area contributed by atoms with Crippen molar-refractivity contribution in [3.05, 3.63) is 16.1 Å². The van der Waals surface area contributed by atoms with Gasteiger partial charge in [-0.3, -0.25) is 4.79 Å². The van der Waals surface area contributed by atoms with E-state index in [1.165, 1.54) is 0 Å². The lowest BCUT2D eigenvalue weighted by Crippen LogP contribution is -2.34. The maximum Gasteiger partial charge on any atom is 0.434 e. The Morgan fingerprint density at radius 2 is 2.40 bits per heavy atom. The van der Waals surface area contributed by atoms with E-state index in [1.807, 2.05) is 6.92 Å². The highest BCUT2D eigenvalue weighted by atomic mass is 32.1. The van der Waals surface area contributed by atoms with Crippen LogP contribution in [0.3, 0.4) is 0 Å². The molecule has 20 heavy (non-hydrogen) atoms. The molecule has 1 aromatic heterocycles. The highest BCUT2D eigenvalue weighted by Gasteiger charge is 2.35. The van der Waals surface area contributed by atoms with Gasteiger partial charge in [0.25, 0.3) is 0 Å².